The molecule has 0 aliphatic carbocycles. The summed E-state index contributed by atoms with van der Waals surface area (Å²) in [4.78, 5) is 23.3. The fraction of sp³-hybridized carbons (Fsp3) is 0.667. The van der Waals surface area contributed by atoms with Crippen LogP contribution in [0.25, 0.3) is 0 Å². The van der Waals surface area contributed by atoms with Crippen LogP contribution in [0.1, 0.15) is 20.8 Å². The molecule has 1 atom stereocenters. The number of hydrogen-bond acceptors (Lipinski definition) is 2. The summed E-state index contributed by atoms with van der Waals surface area (Å²) in [6, 6.07) is -0.433. The molecular weight excluding hydrogens is 220 g/mol. The van der Waals surface area contributed by atoms with Crippen molar-refractivity contribution in [2.24, 2.45) is 11.8 Å². The van der Waals surface area contributed by atoms with E-state index in [0.717, 1.165) is 4.90 Å². The van der Waals surface area contributed by atoms with Crippen molar-refractivity contribution in [3.63, 3.8) is 0 Å². The van der Waals surface area contributed by atoms with Crippen molar-refractivity contribution in [2.45, 2.75) is 20.8 Å². The molecule has 0 saturated carbocycles. The van der Waals surface area contributed by atoms with Crippen LogP contribution in [0.15, 0.2) is 0 Å². The van der Waals surface area contributed by atoms with Gasteiger partial charge in [-0.25, -0.2) is 4.79 Å². The first-order valence-corrected chi connectivity index (χ1v) is 5.56. The molecular formula is C12H20N2O3. The van der Waals surface area contributed by atoms with Crippen LogP contribution in [0, 0.1) is 24.2 Å². The zero-order chi connectivity index (χ0) is 13.4. The molecule has 0 saturated heterocycles. The minimum atomic E-state index is -1.08. The third-order valence-corrected chi connectivity index (χ3v) is 2.61. The number of nitrogens with one attached hydrogen (secondary N) is 1. The van der Waals surface area contributed by atoms with Crippen LogP contribution in [0.3, 0.4) is 0 Å². The predicted molar refractivity (Wildman–Crippen MR) is 65.4 cm³/mol. The van der Waals surface area contributed by atoms with Gasteiger partial charge in [0.1, 0.15) is 6.54 Å². The monoisotopic (exact) mass is 240 g/mol. The smallest absolute Gasteiger partial charge is 0.323 e. The number of urea groups is 1. The number of rotatable bonds is 6. The Morgan fingerprint density at radius 2 is 2.00 bits per heavy atom. The first-order chi connectivity index (χ1) is 7.88. The molecule has 0 rings (SSSR count). The molecule has 0 aliphatic heterocycles. The van der Waals surface area contributed by atoms with Crippen molar-refractivity contribution < 1.29 is 14.7 Å². The molecule has 5 nitrogen and oxygen atoms in total. The van der Waals surface area contributed by atoms with Gasteiger partial charge >= 0.3 is 12.0 Å². The number of aliphatic carboxylic acids is 1. The Labute approximate surface area is 102 Å². The first-order valence-electron chi connectivity index (χ1n) is 5.56. The average molecular weight is 240 g/mol. The van der Waals surface area contributed by atoms with E-state index in [1.165, 1.54) is 0 Å². The third kappa shape index (κ3) is 6.46. The molecule has 0 aromatic rings. The maximum atomic E-state index is 11.7. The Hall–Kier alpha value is -1.70. The molecule has 5 heteroatoms. The molecule has 0 radical (unpaired) electrons. The highest BCUT2D eigenvalue weighted by atomic mass is 16.4. The lowest BCUT2D eigenvalue weighted by Crippen LogP contribution is -2.44. The lowest BCUT2D eigenvalue weighted by molar-refractivity contribution is -0.137. The predicted octanol–water partition coefficient (Wildman–Crippen LogP) is 1.01. The van der Waals surface area contributed by atoms with Gasteiger partial charge in [-0.2, -0.15) is 0 Å². The number of terminal acetylenes is 1. The number of amides is 2. The minimum absolute atomic E-state index is 0.00576. The van der Waals surface area contributed by atoms with Gasteiger partial charge in [0.15, 0.2) is 0 Å². The number of hydrogen-bond donors (Lipinski definition) is 2. The van der Waals surface area contributed by atoms with E-state index in [9.17, 15) is 9.59 Å². The van der Waals surface area contributed by atoms with Gasteiger partial charge in [-0.3, -0.25) is 4.79 Å². The van der Waals surface area contributed by atoms with Crippen molar-refractivity contribution in [3.8, 4) is 12.3 Å². The maximum absolute atomic E-state index is 11.7. The van der Waals surface area contributed by atoms with Crippen molar-refractivity contribution in [1.82, 2.24) is 10.2 Å². The highest BCUT2D eigenvalue weighted by Gasteiger charge is 2.16. The summed E-state index contributed by atoms with van der Waals surface area (Å²) in [5.74, 6) is 1.97. The molecule has 1 unspecified atom stereocenters. The summed E-state index contributed by atoms with van der Waals surface area (Å²) in [6.45, 7) is 6.27. The largest absolute Gasteiger partial charge is 0.480 e. The Kier molecular flexibility index (Phi) is 6.80. The minimum Gasteiger partial charge on any atom is -0.480 e. The van der Waals surface area contributed by atoms with E-state index in [1.807, 2.05) is 6.92 Å². The second-order valence-corrected chi connectivity index (χ2v) is 4.36. The molecule has 2 amide bonds. The zero-order valence-electron chi connectivity index (χ0n) is 10.6. The van der Waals surface area contributed by atoms with Gasteiger partial charge in [-0.1, -0.05) is 26.7 Å². The van der Waals surface area contributed by atoms with Crippen molar-refractivity contribution in [2.75, 3.05) is 19.6 Å². The maximum Gasteiger partial charge on any atom is 0.323 e. The molecule has 0 fully saturated rings. The summed E-state index contributed by atoms with van der Waals surface area (Å²) in [5, 5.41) is 11.3. The number of carboxylic acid groups (broad SMARTS) is 1. The van der Waals surface area contributed by atoms with Crippen LogP contribution >= 0.6 is 0 Å². The fourth-order valence-corrected chi connectivity index (χ4v) is 1.07. The second-order valence-electron chi connectivity index (χ2n) is 4.36. The van der Waals surface area contributed by atoms with Crippen LogP contribution < -0.4 is 5.32 Å². The van der Waals surface area contributed by atoms with Gasteiger partial charge in [-0.05, 0) is 11.8 Å². The number of carbonyl (C=O) groups excluding carboxylic acids is 1. The standard InChI is InChI=1S/C12H20N2O3/c1-5-6-14(8-11(15)16)12(17)13-7-10(4)9(2)3/h1,9-10H,6-8H2,2-4H3,(H,13,17)(H,15,16). The molecule has 0 aromatic carbocycles. The van der Waals surface area contributed by atoms with E-state index >= 15 is 0 Å². The van der Waals surface area contributed by atoms with Crippen LogP contribution in [0.5, 0.6) is 0 Å². The summed E-state index contributed by atoms with van der Waals surface area (Å²) < 4.78 is 0. The van der Waals surface area contributed by atoms with Crippen molar-refractivity contribution >= 4 is 12.0 Å². The number of nitrogens with zero attached hydrogens (tertiary/aromatic N) is 1. The topological polar surface area (TPSA) is 69.6 Å². The molecule has 0 heterocycles. The molecule has 2 N–H and O–H groups in total. The van der Waals surface area contributed by atoms with Gasteiger partial charge in [0, 0.05) is 6.54 Å². The Morgan fingerprint density at radius 3 is 2.41 bits per heavy atom. The molecule has 96 valence electrons. The van der Waals surface area contributed by atoms with Gasteiger partial charge in [0.05, 0.1) is 6.54 Å². The third-order valence-electron chi connectivity index (χ3n) is 2.61. The van der Waals surface area contributed by atoms with Crippen LogP contribution in [-0.4, -0.2) is 41.6 Å². The Balaban J connectivity index is 4.24. The van der Waals surface area contributed by atoms with Gasteiger partial charge in [0.25, 0.3) is 0 Å². The molecule has 0 aromatic heterocycles. The van der Waals surface area contributed by atoms with Crippen molar-refractivity contribution in [1.29, 1.82) is 0 Å². The lowest BCUT2D eigenvalue weighted by atomic mass is 9.98. The normalized spacial score (nSPS) is 11.7. The van der Waals surface area contributed by atoms with E-state index in [1.54, 1.807) is 0 Å². The molecule has 0 spiro atoms. The fourth-order valence-electron chi connectivity index (χ4n) is 1.07. The quantitative estimate of drug-likeness (QED) is 0.681. The molecule has 17 heavy (non-hydrogen) atoms. The summed E-state index contributed by atoms with van der Waals surface area (Å²) in [5.41, 5.74) is 0. The van der Waals surface area contributed by atoms with E-state index in [0.29, 0.717) is 18.4 Å². The molecule has 0 aliphatic rings. The second kappa shape index (κ2) is 7.55. The SMILES string of the molecule is C#CCN(CC(=O)O)C(=O)NCC(C)C(C)C. The van der Waals surface area contributed by atoms with E-state index in [4.69, 9.17) is 11.5 Å². The zero-order valence-corrected chi connectivity index (χ0v) is 10.6. The first kappa shape index (κ1) is 15.3. The van der Waals surface area contributed by atoms with Crippen LogP contribution in [-0.2, 0) is 4.79 Å². The molecule has 0 bridgehead atoms. The van der Waals surface area contributed by atoms with E-state index in [-0.39, 0.29) is 13.1 Å². The van der Waals surface area contributed by atoms with Crippen molar-refractivity contribution in [3.05, 3.63) is 0 Å². The number of carbonyl (C=O) groups is 2. The van der Waals surface area contributed by atoms with Crippen LogP contribution in [0.4, 0.5) is 4.79 Å². The lowest BCUT2D eigenvalue weighted by Gasteiger charge is -2.21. The highest BCUT2D eigenvalue weighted by Crippen LogP contribution is 2.07. The van der Waals surface area contributed by atoms with E-state index in [2.05, 4.69) is 25.1 Å². The van der Waals surface area contributed by atoms with Gasteiger partial charge in [0.2, 0.25) is 0 Å². The Bertz CT molecular complexity index is 307. The van der Waals surface area contributed by atoms with E-state index < -0.39 is 12.0 Å². The van der Waals surface area contributed by atoms with Gasteiger partial charge < -0.3 is 15.3 Å². The summed E-state index contributed by atoms with van der Waals surface area (Å²) in [6.07, 6.45) is 5.08. The van der Waals surface area contributed by atoms with Gasteiger partial charge in [-0.15, -0.1) is 6.42 Å². The van der Waals surface area contributed by atoms with Crippen LogP contribution in [0.2, 0.25) is 0 Å². The average Bonchev–Trinajstić information content (AvgIpc) is 2.23. The Morgan fingerprint density at radius 1 is 1.41 bits per heavy atom. The summed E-state index contributed by atoms with van der Waals surface area (Å²) in [7, 11) is 0. The highest BCUT2D eigenvalue weighted by molar-refractivity contribution is 5.80. The summed E-state index contributed by atoms with van der Waals surface area (Å²) >= 11 is 0. The number of carboxylic acids is 1.